The molecule has 1 heterocycles. The van der Waals surface area contributed by atoms with Crippen LogP contribution in [-0.4, -0.2) is 23.2 Å². The smallest absolute Gasteiger partial charge is 0.287 e. The third-order valence-corrected chi connectivity index (χ3v) is 2.60. The SMILES string of the molecule is CCC(C)(CCO)NC(=O)c1ccco1. The second-order valence-corrected chi connectivity index (χ2v) is 3.82. The van der Waals surface area contributed by atoms with E-state index in [1.807, 2.05) is 13.8 Å². The van der Waals surface area contributed by atoms with Crippen LogP contribution in [0.5, 0.6) is 0 Å². The number of carbonyl (C=O) groups is 1. The highest BCUT2D eigenvalue weighted by Gasteiger charge is 2.24. The molecule has 0 aliphatic heterocycles. The second kappa shape index (κ2) is 4.98. The van der Waals surface area contributed by atoms with Crippen molar-refractivity contribution >= 4 is 5.91 Å². The molecule has 4 heteroatoms. The van der Waals surface area contributed by atoms with Gasteiger partial charge in [0.1, 0.15) is 0 Å². The molecule has 0 fully saturated rings. The fraction of sp³-hybridized carbons (Fsp3) is 0.545. The lowest BCUT2D eigenvalue weighted by atomic mass is 9.95. The monoisotopic (exact) mass is 211 g/mol. The topological polar surface area (TPSA) is 62.5 Å². The van der Waals surface area contributed by atoms with E-state index in [2.05, 4.69) is 5.32 Å². The molecule has 0 saturated heterocycles. The Balaban J connectivity index is 2.63. The van der Waals surface area contributed by atoms with Crippen LogP contribution in [0.25, 0.3) is 0 Å². The number of hydrogen-bond donors (Lipinski definition) is 2. The van der Waals surface area contributed by atoms with Gasteiger partial charge in [-0.1, -0.05) is 6.92 Å². The number of aliphatic hydroxyl groups is 1. The molecule has 0 saturated carbocycles. The zero-order chi connectivity index (χ0) is 11.3. The van der Waals surface area contributed by atoms with Crippen LogP contribution in [0.3, 0.4) is 0 Å². The summed E-state index contributed by atoms with van der Waals surface area (Å²) >= 11 is 0. The van der Waals surface area contributed by atoms with E-state index < -0.39 is 0 Å². The quantitative estimate of drug-likeness (QED) is 0.777. The highest BCUT2D eigenvalue weighted by Crippen LogP contribution is 2.15. The minimum atomic E-state index is -0.376. The van der Waals surface area contributed by atoms with Crippen LogP contribution in [0, 0.1) is 0 Å². The van der Waals surface area contributed by atoms with Crippen molar-refractivity contribution in [3.05, 3.63) is 24.2 Å². The number of aliphatic hydroxyl groups excluding tert-OH is 1. The maximum absolute atomic E-state index is 11.7. The summed E-state index contributed by atoms with van der Waals surface area (Å²) in [4.78, 5) is 11.7. The molecule has 2 N–H and O–H groups in total. The summed E-state index contributed by atoms with van der Waals surface area (Å²) in [5.74, 6) is 0.0606. The highest BCUT2D eigenvalue weighted by molar-refractivity contribution is 5.91. The summed E-state index contributed by atoms with van der Waals surface area (Å²) in [5.41, 5.74) is -0.376. The predicted molar refractivity (Wildman–Crippen MR) is 56.6 cm³/mol. The second-order valence-electron chi connectivity index (χ2n) is 3.82. The van der Waals surface area contributed by atoms with Gasteiger partial charge in [0.2, 0.25) is 0 Å². The molecule has 15 heavy (non-hydrogen) atoms. The lowest BCUT2D eigenvalue weighted by molar-refractivity contribution is 0.0857. The number of rotatable bonds is 5. The maximum atomic E-state index is 11.7. The largest absolute Gasteiger partial charge is 0.459 e. The Morgan fingerprint density at radius 2 is 2.40 bits per heavy atom. The van der Waals surface area contributed by atoms with Gasteiger partial charge in [0.25, 0.3) is 5.91 Å². The van der Waals surface area contributed by atoms with E-state index in [9.17, 15) is 4.79 Å². The molecular formula is C11H17NO3. The standard InChI is InChI=1S/C11H17NO3/c1-3-11(2,6-7-13)12-10(14)9-5-4-8-15-9/h4-5,8,13H,3,6-7H2,1-2H3,(H,12,14). The van der Waals surface area contributed by atoms with Crippen molar-refractivity contribution < 1.29 is 14.3 Å². The Morgan fingerprint density at radius 3 is 2.87 bits per heavy atom. The molecule has 4 nitrogen and oxygen atoms in total. The van der Waals surface area contributed by atoms with E-state index in [1.165, 1.54) is 6.26 Å². The Morgan fingerprint density at radius 1 is 1.67 bits per heavy atom. The number of hydrogen-bond acceptors (Lipinski definition) is 3. The summed E-state index contributed by atoms with van der Waals surface area (Å²) in [7, 11) is 0. The van der Waals surface area contributed by atoms with Gasteiger partial charge in [-0.05, 0) is 31.9 Å². The zero-order valence-corrected chi connectivity index (χ0v) is 9.12. The Labute approximate surface area is 89.3 Å². The summed E-state index contributed by atoms with van der Waals surface area (Å²) in [6, 6.07) is 3.29. The van der Waals surface area contributed by atoms with Crippen molar-refractivity contribution in [1.82, 2.24) is 5.32 Å². The normalized spacial score (nSPS) is 14.6. The summed E-state index contributed by atoms with van der Waals surface area (Å²) in [6.45, 7) is 3.94. The van der Waals surface area contributed by atoms with Crippen LogP contribution < -0.4 is 5.32 Å². The predicted octanol–water partition coefficient (Wildman–Crippen LogP) is 1.56. The van der Waals surface area contributed by atoms with Gasteiger partial charge in [-0.2, -0.15) is 0 Å². The average molecular weight is 211 g/mol. The summed E-state index contributed by atoms with van der Waals surface area (Å²) in [5, 5.41) is 11.8. The number of nitrogens with one attached hydrogen (secondary N) is 1. The maximum Gasteiger partial charge on any atom is 0.287 e. The molecule has 0 aliphatic carbocycles. The average Bonchev–Trinajstić information content (AvgIpc) is 2.71. The lowest BCUT2D eigenvalue weighted by Crippen LogP contribution is -2.46. The van der Waals surface area contributed by atoms with E-state index in [1.54, 1.807) is 12.1 Å². The van der Waals surface area contributed by atoms with Crippen molar-refractivity contribution in [2.24, 2.45) is 0 Å². The van der Waals surface area contributed by atoms with Gasteiger partial charge in [0.05, 0.1) is 6.26 Å². The first-order chi connectivity index (χ1) is 7.11. The van der Waals surface area contributed by atoms with Gasteiger partial charge in [0, 0.05) is 12.1 Å². The van der Waals surface area contributed by atoms with Crippen LogP contribution in [-0.2, 0) is 0 Å². The third kappa shape index (κ3) is 3.09. The first-order valence-electron chi connectivity index (χ1n) is 5.08. The summed E-state index contributed by atoms with van der Waals surface area (Å²) in [6.07, 6.45) is 2.76. The Hall–Kier alpha value is -1.29. The van der Waals surface area contributed by atoms with Crippen molar-refractivity contribution in [3.8, 4) is 0 Å². The number of furan rings is 1. The Kier molecular flexibility index (Phi) is 3.91. The zero-order valence-electron chi connectivity index (χ0n) is 9.12. The van der Waals surface area contributed by atoms with E-state index >= 15 is 0 Å². The van der Waals surface area contributed by atoms with Gasteiger partial charge in [-0.3, -0.25) is 4.79 Å². The van der Waals surface area contributed by atoms with Gasteiger partial charge < -0.3 is 14.8 Å². The van der Waals surface area contributed by atoms with Gasteiger partial charge >= 0.3 is 0 Å². The van der Waals surface area contributed by atoms with Gasteiger partial charge in [-0.15, -0.1) is 0 Å². The molecule has 0 radical (unpaired) electrons. The van der Waals surface area contributed by atoms with Crippen molar-refractivity contribution in [2.45, 2.75) is 32.2 Å². The molecule has 1 aromatic rings. The molecule has 0 bridgehead atoms. The Bertz CT molecular complexity index is 308. The number of amides is 1. The molecule has 1 rings (SSSR count). The van der Waals surface area contributed by atoms with E-state index in [0.717, 1.165) is 6.42 Å². The van der Waals surface area contributed by atoms with E-state index in [0.29, 0.717) is 12.2 Å². The fourth-order valence-electron chi connectivity index (χ4n) is 1.32. The van der Waals surface area contributed by atoms with Gasteiger partial charge in [0.15, 0.2) is 5.76 Å². The highest BCUT2D eigenvalue weighted by atomic mass is 16.3. The van der Waals surface area contributed by atoms with E-state index in [4.69, 9.17) is 9.52 Å². The van der Waals surface area contributed by atoms with Crippen molar-refractivity contribution in [2.75, 3.05) is 6.61 Å². The lowest BCUT2D eigenvalue weighted by Gasteiger charge is -2.28. The molecular weight excluding hydrogens is 194 g/mol. The first kappa shape index (κ1) is 11.8. The molecule has 1 unspecified atom stereocenters. The molecule has 1 atom stereocenters. The molecule has 1 amide bonds. The van der Waals surface area contributed by atoms with Crippen molar-refractivity contribution in [3.63, 3.8) is 0 Å². The first-order valence-corrected chi connectivity index (χ1v) is 5.08. The third-order valence-electron chi connectivity index (χ3n) is 2.60. The minimum absolute atomic E-state index is 0.0583. The molecule has 0 aromatic carbocycles. The van der Waals surface area contributed by atoms with Crippen LogP contribution in [0.4, 0.5) is 0 Å². The fourth-order valence-corrected chi connectivity index (χ4v) is 1.32. The van der Waals surface area contributed by atoms with Crippen LogP contribution in [0.1, 0.15) is 37.2 Å². The van der Waals surface area contributed by atoms with Crippen LogP contribution in [0.2, 0.25) is 0 Å². The molecule has 0 aliphatic rings. The molecule has 1 aromatic heterocycles. The van der Waals surface area contributed by atoms with Crippen LogP contribution in [0.15, 0.2) is 22.8 Å². The summed E-state index contributed by atoms with van der Waals surface area (Å²) < 4.78 is 4.99. The molecule has 84 valence electrons. The number of carbonyl (C=O) groups excluding carboxylic acids is 1. The minimum Gasteiger partial charge on any atom is -0.459 e. The molecule has 0 spiro atoms. The van der Waals surface area contributed by atoms with Gasteiger partial charge in [-0.25, -0.2) is 0 Å². The van der Waals surface area contributed by atoms with Crippen molar-refractivity contribution in [1.29, 1.82) is 0 Å². The van der Waals surface area contributed by atoms with E-state index in [-0.39, 0.29) is 18.1 Å². The van der Waals surface area contributed by atoms with Crippen LogP contribution >= 0.6 is 0 Å².